The standard InChI is InChI=1S/C10H8O9S3/c11-20(12,13)8-5-6-3-1-2-4-7(6)9(21(14,15)16)10(8)22(17,18)19/h1-5H,(H,11,12,13)(H,14,15,16)(H,17,18,19)/p-3. The van der Waals surface area contributed by atoms with Crippen molar-refractivity contribution in [1.29, 1.82) is 0 Å². The van der Waals surface area contributed by atoms with Crippen molar-refractivity contribution < 1.29 is 38.9 Å². The van der Waals surface area contributed by atoms with E-state index in [0.717, 1.165) is 12.1 Å². The maximum Gasteiger partial charge on any atom is 0.126 e. The predicted octanol–water partition coefficient (Wildman–Crippen LogP) is -0.448. The van der Waals surface area contributed by atoms with Crippen LogP contribution in [0.1, 0.15) is 0 Å². The number of hydrogen-bond donors (Lipinski definition) is 0. The third-order valence-corrected chi connectivity index (χ3v) is 5.66. The Bertz CT molecular complexity index is 1080. The van der Waals surface area contributed by atoms with Gasteiger partial charge in [0.05, 0.1) is 14.7 Å². The topological polar surface area (TPSA) is 172 Å². The van der Waals surface area contributed by atoms with Gasteiger partial charge in [0.2, 0.25) is 0 Å². The van der Waals surface area contributed by atoms with Gasteiger partial charge in [-0.2, -0.15) is 0 Å². The Morgan fingerprint density at radius 1 is 0.682 bits per heavy atom. The van der Waals surface area contributed by atoms with Gasteiger partial charge in [-0.3, -0.25) is 0 Å². The fourth-order valence-electron chi connectivity index (χ4n) is 1.94. The van der Waals surface area contributed by atoms with Gasteiger partial charge in [0.1, 0.15) is 30.4 Å². The van der Waals surface area contributed by atoms with Gasteiger partial charge < -0.3 is 13.7 Å². The van der Waals surface area contributed by atoms with Crippen molar-refractivity contribution in [2.45, 2.75) is 14.7 Å². The van der Waals surface area contributed by atoms with E-state index in [9.17, 15) is 38.9 Å². The second-order valence-corrected chi connectivity index (χ2v) is 8.10. The van der Waals surface area contributed by atoms with Crippen molar-refractivity contribution in [2.75, 3.05) is 0 Å². The third kappa shape index (κ3) is 2.97. The lowest BCUT2D eigenvalue weighted by atomic mass is 10.1. The molecule has 0 saturated heterocycles. The highest BCUT2D eigenvalue weighted by Crippen LogP contribution is 2.35. The normalized spacial score (nSPS) is 13.4. The summed E-state index contributed by atoms with van der Waals surface area (Å²) in [5.41, 5.74) is 0. The highest BCUT2D eigenvalue weighted by atomic mass is 32.2. The number of hydrogen-bond acceptors (Lipinski definition) is 9. The van der Waals surface area contributed by atoms with Gasteiger partial charge in [-0.15, -0.1) is 0 Å². The average molecular weight is 365 g/mol. The lowest BCUT2D eigenvalue weighted by Crippen LogP contribution is -2.15. The van der Waals surface area contributed by atoms with Crippen molar-refractivity contribution in [3.05, 3.63) is 30.3 Å². The summed E-state index contributed by atoms with van der Waals surface area (Å²) in [5, 5.41) is -0.668. The highest BCUT2D eigenvalue weighted by molar-refractivity contribution is 7.90. The maximum atomic E-state index is 11.3. The third-order valence-electron chi connectivity index (χ3n) is 2.69. The van der Waals surface area contributed by atoms with Crippen LogP contribution in [0.3, 0.4) is 0 Å². The molecule has 9 nitrogen and oxygen atoms in total. The lowest BCUT2D eigenvalue weighted by Gasteiger charge is -2.22. The summed E-state index contributed by atoms with van der Waals surface area (Å²) in [6, 6.07) is 5.27. The van der Waals surface area contributed by atoms with Crippen molar-refractivity contribution in [3.63, 3.8) is 0 Å². The van der Waals surface area contributed by atoms with Crippen LogP contribution in [-0.2, 0) is 30.4 Å². The molecule has 0 unspecified atom stereocenters. The van der Waals surface area contributed by atoms with Crippen LogP contribution in [0.4, 0.5) is 0 Å². The van der Waals surface area contributed by atoms with Crippen LogP contribution >= 0.6 is 0 Å². The molecule has 22 heavy (non-hydrogen) atoms. The van der Waals surface area contributed by atoms with Crippen molar-refractivity contribution in [3.8, 4) is 0 Å². The van der Waals surface area contributed by atoms with E-state index in [2.05, 4.69) is 0 Å². The predicted molar refractivity (Wildman–Crippen MR) is 67.8 cm³/mol. The number of benzene rings is 2. The van der Waals surface area contributed by atoms with Crippen LogP contribution in [0.2, 0.25) is 0 Å². The van der Waals surface area contributed by atoms with Gasteiger partial charge in [0, 0.05) is 5.39 Å². The molecule has 0 aliphatic rings. The van der Waals surface area contributed by atoms with E-state index in [0.29, 0.717) is 6.07 Å². The van der Waals surface area contributed by atoms with Crippen LogP contribution in [0.15, 0.2) is 45.0 Å². The van der Waals surface area contributed by atoms with Crippen LogP contribution in [-0.4, -0.2) is 38.9 Å². The molecule has 0 aliphatic heterocycles. The van der Waals surface area contributed by atoms with Crippen LogP contribution in [0.25, 0.3) is 10.8 Å². The molecule has 0 amide bonds. The first-order valence-electron chi connectivity index (χ1n) is 5.27. The summed E-state index contributed by atoms with van der Waals surface area (Å²) in [7, 11) is -16.8. The fourth-order valence-corrected chi connectivity index (χ4v) is 5.27. The van der Waals surface area contributed by atoms with Gasteiger partial charge in [-0.1, -0.05) is 24.3 Å². The minimum Gasteiger partial charge on any atom is -0.744 e. The summed E-state index contributed by atoms with van der Waals surface area (Å²) in [6.45, 7) is 0. The van der Waals surface area contributed by atoms with Gasteiger partial charge in [-0.25, -0.2) is 25.3 Å². The molecule has 120 valence electrons. The van der Waals surface area contributed by atoms with E-state index >= 15 is 0 Å². The van der Waals surface area contributed by atoms with E-state index in [1.807, 2.05) is 0 Å². The summed E-state index contributed by atoms with van der Waals surface area (Å²) >= 11 is 0. The summed E-state index contributed by atoms with van der Waals surface area (Å²) in [6.07, 6.45) is 0. The molecule has 0 N–H and O–H groups in total. The minimum atomic E-state index is -5.73. The molecule has 2 rings (SSSR count). The zero-order valence-electron chi connectivity index (χ0n) is 10.3. The van der Waals surface area contributed by atoms with Crippen LogP contribution in [0.5, 0.6) is 0 Å². The van der Waals surface area contributed by atoms with Gasteiger partial charge in [0.15, 0.2) is 0 Å². The summed E-state index contributed by atoms with van der Waals surface area (Å²) in [4.78, 5) is -4.97. The molecule has 0 heterocycles. The Balaban J connectivity index is 3.32. The average Bonchev–Trinajstić information content (AvgIpc) is 2.33. The molecule has 2 aromatic rings. The van der Waals surface area contributed by atoms with Gasteiger partial charge >= 0.3 is 0 Å². The Morgan fingerprint density at radius 2 is 1.18 bits per heavy atom. The highest BCUT2D eigenvalue weighted by Gasteiger charge is 2.25. The Hall–Kier alpha value is -1.57. The molecule has 0 radical (unpaired) electrons. The minimum absolute atomic E-state index is 0.196. The van der Waals surface area contributed by atoms with Crippen molar-refractivity contribution in [2.24, 2.45) is 0 Å². The molecule has 0 aromatic heterocycles. The maximum absolute atomic E-state index is 11.3. The molecular formula is C10H5O9S3-3. The second kappa shape index (κ2) is 4.97. The zero-order chi connectivity index (χ0) is 16.9. The van der Waals surface area contributed by atoms with E-state index in [1.54, 1.807) is 0 Å². The first kappa shape index (κ1) is 16.8. The Kier molecular flexibility index (Phi) is 3.80. The smallest absolute Gasteiger partial charge is 0.126 e. The molecule has 0 aliphatic carbocycles. The van der Waals surface area contributed by atoms with Crippen LogP contribution < -0.4 is 0 Å². The van der Waals surface area contributed by atoms with Crippen LogP contribution in [0, 0.1) is 0 Å². The van der Waals surface area contributed by atoms with Crippen molar-refractivity contribution >= 4 is 41.1 Å². The molecule has 0 atom stereocenters. The number of fused-ring (bicyclic) bond motifs is 1. The molecule has 12 heteroatoms. The summed E-state index contributed by atoms with van der Waals surface area (Å²) < 4.78 is 101. The van der Waals surface area contributed by atoms with E-state index in [-0.39, 0.29) is 5.39 Å². The van der Waals surface area contributed by atoms with Gasteiger partial charge in [-0.05, 0) is 11.5 Å². The molecule has 0 bridgehead atoms. The molecule has 0 saturated carbocycles. The summed E-state index contributed by atoms with van der Waals surface area (Å²) in [5.74, 6) is 0. The fraction of sp³-hybridized carbons (Fsp3) is 0. The molecule has 0 fully saturated rings. The Labute approximate surface area is 125 Å². The monoisotopic (exact) mass is 365 g/mol. The number of rotatable bonds is 3. The van der Waals surface area contributed by atoms with E-state index in [4.69, 9.17) is 0 Å². The van der Waals surface area contributed by atoms with Gasteiger partial charge in [0.25, 0.3) is 0 Å². The largest absolute Gasteiger partial charge is 0.744 e. The first-order valence-corrected chi connectivity index (χ1v) is 9.49. The van der Waals surface area contributed by atoms with E-state index in [1.165, 1.54) is 12.1 Å². The zero-order valence-corrected chi connectivity index (χ0v) is 12.7. The molecular weight excluding hydrogens is 360 g/mol. The Morgan fingerprint density at radius 3 is 1.64 bits per heavy atom. The quantitative estimate of drug-likeness (QED) is 0.653. The second-order valence-electron chi connectivity index (χ2n) is 4.12. The molecule has 2 aromatic carbocycles. The first-order chi connectivity index (χ1) is 9.83. The molecule has 0 spiro atoms. The van der Waals surface area contributed by atoms with Crippen molar-refractivity contribution in [1.82, 2.24) is 0 Å². The van der Waals surface area contributed by atoms with E-state index < -0.39 is 50.4 Å². The lowest BCUT2D eigenvalue weighted by molar-refractivity contribution is 0.438. The SMILES string of the molecule is O=S(=O)([O-])c1cc2ccccc2c(S(=O)(=O)[O-])c1S(=O)(=O)[O-].